The Morgan fingerprint density at radius 1 is 1.12 bits per heavy atom. The molecule has 1 saturated heterocycles. The lowest BCUT2D eigenvalue weighted by molar-refractivity contribution is -0.146. The third-order valence-corrected chi connectivity index (χ3v) is 11.7. The summed E-state index contributed by atoms with van der Waals surface area (Å²) in [4.78, 5) is 64.8. The van der Waals surface area contributed by atoms with Gasteiger partial charge in [0, 0.05) is 18.1 Å². The van der Waals surface area contributed by atoms with Crippen molar-refractivity contribution in [3.8, 4) is 5.88 Å². The number of benzene rings is 1. The van der Waals surface area contributed by atoms with Crippen molar-refractivity contribution in [2.45, 2.75) is 99.1 Å². The SMILES string of the molecule is C=C[C@@H]1CC1(NC(=O)[C@@H]1C[C@@H](Oc2nc3ccccc3nc2CSc2cccs2)CN1C(=O)[C@@H](NC(=O)OC1CCCC1)C(C)(C)C)C(=O)O. The van der Waals surface area contributed by atoms with Crippen LogP contribution in [0, 0.1) is 11.3 Å². The van der Waals surface area contributed by atoms with Crippen molar-refractivity contribution < 1.29 is 33.8 Å². The maximum atomic E-state index is 14.4. The number of nitrogens with one attached hydrogen (secondary N) is 2. The first-order valence-corrected chi connectivity index (χ1v) is 18.8. The molecule has 2 aliphatic carbocycles. The molecule has 6 rings (SSSR count). The third-order valence-electron chi connectivity index (χ3n) is 9.56. The predicted molar refractivity (Wildman–Crippen MR) is 190 cm³/mol. The zero-order chi connectivity index (χ0) is 35.6. The Morgan fingerprint density at radius 3 is 2.46 bits per heavy atom. The zero-order valence-electron chi connectivity index (χ0n) is 28.4. The smallest absolute Gasteiger partial charge is 0.408 e. The van der Waals surface area contributed by atoms with E-state index in [9.17, 15) is 24.3 Å². The standard InChI is InChI=1S/C36H43N5O7S2/c1-5-21-18-36(21,33(44)45)40-30(42)27-17-23(19-41(27)32(43)29(35(2,3)4)39-34(46)48-22-11-6-7-12-22)47-31-26(20-50-28-15-10-16-49-28)37-24-13-8-9-14-25(24)38-31/h5,8-10,13-16,21-23,27,29H,1,6-7,11-12,17-20H2,2-4H3,(H,39,46)(H,40,42)(H,44,45)/t21-,23-,27+,29-,36?/m1/s1. The number of hydrogen-bond donors (Lipinski definition) is 3. The van der Waals surface area contributed by atoms with Crippen LogP contribution in [0.15, 0.2) is 58.6 Å². The minimum atomic E-state index is -1.49. The number of likely N-dealkylation sites (tertiary alicyclic amines) is 1. The van der Waals surface area contributed by atoms with Crippen molar-refractivity contribution in [1.29, 1.82) is 0 Å². The van der Waals surface area contributed by atoms with Gasteiger partial charge < -0.3 is 30.1 Å². The van der Waals surface area contributed by atoms with Crippen molar-refractivity contribution in [3.05, 3.63) is 60.1 Å². The number of rotatable bonds is 12. The summed E-state index contributed by atoms with van der Waals surface area (Å²) in [6, 6.07) is 9.36. The number of carbonyl (C=O) groups is 4. The summed E-state index contributed by atoms with van der Waals surface area (Å²) in [5, 5.41) is 17.5. The fraction of sp³-hybridized carbons (Fsp3) is 0.500. The van der Waals surface area contributed by atoms with E-state index in [4.69, 9.17) is 19.4 Å². The molecule has 3 heterocycles. The van der Waals surface area contributed by atoms with Crippen LogP contribution in [0.2, 0.25) is 0 Å². The molecule has 266 valence electrons. The molecular formula is C36H43N5O7S2. The number of fused-ring (bicyclic) bond motifs is 1. The third kappa shape index (κ3) is 7.75. The van der Waals surface area contributed by atoms with E-state index in [2.05, 4.69) is 17.2 Å². The first kappa shape index (κ1) is 35.6. The lowest BCUT2D eigenvalue weighted by atomic mass is 9.85. The minimum absolute atomic E-state index is 0.000173. The van der Waals surface area contributed by atoms with E-state index in [1.54, 1.807) is 23.1 Å². The molecule has 0 spiro atoms. The average Bonchev–Trinajstić information content (AvgIpc) is 3.54. The molecule has 50 heavy (non-hydrogen) atoms. The summed E-state index contributed by atoms with van der Waals surface area (Å²) in [5.41, 5.74) is -0.277. The van der Waals surface area contributed by atoms with Crippen LogP contribution in [0.4, 0.5) is 4.79 Å². The molecule has 1 unspecified atom stereocenters. The molecule has 0 bridgehead atoms. The lowest BCUT2D eigenvalue weighted by Crippen LogP contribution is -2.59. The van der Waals surface area contributed by atoms with Gasteiger partial charge in [-0.1, -0.05) is 45.0 Å². The first-order valence-electron chi connectivity index (χ1n) is 16.9. The Bertz CT molecular complexity index is 1760. The normalized spacial score (nSPS) is 24.1. The van der Waals surface area contributed by atoms with E-state index in [0.29, 0.717) is 28.4 Å². The van der Waals surface area contributed by atoms with Crippen LogP contribution < -0.4 is 15.4 Å². The number of para-hydroxylation sites is 2. The van der Waals surface area contributed by atoms with Gasteiger partial charge >= 0.3 is 12.1 Å². The number of nitrogens with zero attached hydrogens (tertiary/aromatic N) is 3. The van der Waals surface area contributed by atoms with E-state index in [1.165, 1.54) is 11.0 Å². The second kappa shape index (κ2) is 14.6. The summed E-state index contributed by atoms with van der Waals surface area (Å²) < 4.78 is 13.3. The number of alkyl carbamates (subject to hydrolysis) is 1. The molecule has 14 heteroatoms. The van der Waals surface area contributed by atoms with Crippen molar-refractivity contribution in [2.75, 3.05) is 6.54 Å². The number of carboxylic acids is 1. The van der Waals surface area contributed by atoms with Gasteiger partial charge in [0.05, 0.1) is 21.8 Å². The van der Waals surface area contributed by atoms with Gasteiger partial charge in [0.2, 0.25) is 17.7 Å². The van der Waals surface area contributed by atoms with Gasteiger partial charge in [0.15, 0.2) is 0 Å². The number of amides is 3. The zero-order valence-corrected chi connectivity index (χ0v) is 30.1. The highest BCUT2D eigenvalue weighted by molar-refractivity contribution is 8.00. The molecule has 5 atom stereocenters. The number of carboxylic acid groups (broad SMARTS) is 1. The van der Waals surface area contributed by atoms with E-state index in [-0.39, 0.29) is 25.5 Å². The molecule has 3 aliphatic rings. The fourth-order valence-corrected chi connectivity index (χ4v) is 8.38. The van der Waals surface area contributed by atoms with Crippen LogP contribution in [0.1, 0.15) is 65.0 Å². The van der Waals surface area contributed by atoms with Gasteiger partial charge in [-0.3, -0.25) is 9.59 Å². The Labute approximate surface area is 299 Å². The molecule has 1 aromatic carbocycles. The van der Waals surface area contributed by atoms with E-state index >= 15 is 0 Å². The van der Waals surface area contributed by atoms with Gasteiger partial charge in [-0.25, -0.2) is 19.6 Å². The Morgan fingerprint density at radius 2 is 1.84 bits per heavy atom. The minimum Gasteiger partial charge on any atom is -0.479 e. The van der Waals surface area contributed by atoms with Crippen LogP contribution >= 0.6 is 23.1 Å². The van der Waals surface area contributed by atoms with Crippen LogP contribution in [-0.2, 0) is 24.9 Å². The van der Waals surface area contributed by atoms with Crippen LogP contribution in [0.25, 0.3) is 11.0 Å². The maximum Gasteiger partial charge on any atom is 0.408 e. The van der Waals surface area contributed by atoms with Gasteiger partial charge in [-0.05, 0) is 61.1 Å². The van der Waals surface area contributed by atoms with Gasteiger partial charge in [-0.2, -0.15) is 0 Å². The van der Waals surface area contributed by atoms with Crippen LogP contribution in [-0.4, -0.2) is 80.2 Å². The highest BCUT2D eigenvalue weighted by Gasteiger charge is 2.61. The fourth-order valence-electron chi connectivity index (χ4n) is 6.67. The highest BCUT2D eigenvalue weighted by atomic mass is 32.2. The molecule has 3 amide bonds. The number of hydrogen-bond acceptors (Lipinski definition) is 10. The number of aliphatic carboxylic acids is 1. The van der Waals surface area contributed by atoms with E-state index < -0.39 is 58.9 Å². The van der Waals surface area contributed by atoms with Crippen LogP contribution in [0.5, 0.6) is 5.88 Å². The molecule has 2 saturated carbocycles. The lowest BCUT2D eigenvalue weighted by Gasteiger charge is -2.35. The van der Waals surface area contributed by atoms with Gasteiger partial charge in [-0.15, -0.1) is 29.7 Å². The number of thiophene rings is 1. The molecule has 2 aromatic heterocycles. The summed E-state index contributed by atoms with van der Waals surface area (Å²) in [6.45, 7) is 9.19. The molecule has 3 N–H and O–H groups in total. The van der Waals surface area contributed by atoms with E-state index in [0.717, 1.165) is 29.9 Å². The molecule has 3 aromatic rings. The number of thioether (sulfide) groups is 1. The predicted octanol–water partition coefficient (Wildman–Crippen LogP) is 5.56. The topological polar surface area (TPSA) is 160 Å². The molecule has 0 radical (unpaired) electrons. The van der Waals surface area contributed by atoms with E-state index in [1.807, 2.05) is 62.5 Å². The molecule has 3 fully saturated rings. The molecule has 12 nitrogen and oxygen atoms in total. The maximum absolute atomic E-state index is 14.4. The quantitative estimate of drug-likeness (QED) is 0.160. The summed E-state index contributed by atoms with van der Waals surface area (Å²) in [6.07, 6.45) is 3.73. The van der Waals surface area contributed by atoms with Crippen molar-refractivity contribution in [2.24, 2.45) is 11.3 Å². The van der Waals surface area contributed by atoms with Crippen molar-refractivity contribution in [3.63, 3.8) is 0 Å². The Balaban J connectivity index is 1.28. The largest absolute Gasteiger partial charge is 0.479 e. The Hall–Kier alpha value is -4.17. The number of ether oxygens (including phenoxy) is 2. The molecular weight excluding hydrogens is 679 g/mol. The van der Waals surface area contributed by atoms with Gasteiger partial charge in [0.1, 0.15) is 35.5 Å². The number of carbonyl (C=O) groups excluding carboxylic acids is 3. The van der Waals surface area contributed by atoms with Crippen molar-refractivity contribution >= 4 is 58.0 Å². The second-order valence-corrected chi connectivity index (χ2v) is 16.5. The summed E-state index contributed by atoms with van der Waals surface area (Å²) in [5.74, 6) is -1.93. The summed E-state index contributed by atoms with van der Waals surface area (Å²) in [7, 11) is 0. The summed E-state index contributed by atoms with van der Waals surface area (Å²) >= 11 is 3.23. The van der Waals surface area contributed by atoms with Gasteiger partial charge in [0.25, 0.3) is 0 Å². The average molecular weight is 722 g/mol. The number of aromatic nitrogens is 2. The molecule has 1 aliphatic heterocycles. The second-order valence-electron chi connectivity index (χ2n) is 14.2. The first-order chi connectivity index (χ1) is 23.9. The monoisotopic (exact) mass is 721 g/mol. The highest BCUT2D eigenvalue weighted by Crippen LogP contribution is 2.45. The Kier molecular flexibility index (Phi) is 10.4. The van der Waals surface area contributed by atoms with Crippen LogP contribution in [0.3, 0.4) is 0 Å². The van der Waals surface area contributed by atoms with Crippen molar-refractivity contribution in [1.82, 2.24) is 25.5 Å².